The number of benzene rings is 1. The van der Waals surface area contributed by atoms with Gasteiger partial charge in [-0.1, -0.05) is 34.8 Å². The molecule has 1 atom stereocenters. The molecule has 1 aliphatic rings. The highest BCUT2D eigenvalue weighted by molar-refractivity contribution is 6.43. The van der Waals surface area contributed by atoms with E-state index >= 15 is 0 Å². The van der Waals surface area contributed by atoms with Crippen LogP contribution in [0.15, 0.2) is 12.1 Å². The quantitative estimate of drug-likeness (QED) is 0.861. The lowest BCUT2D eigenvalue weighted by Gasteiger charge is -2.16. The van der Waals surface area contributed by atoms with Crippen LogP contribution in [0, 0.1) is 0 Å². The van der Waals surface area contributed by atoms with Crippen LogP contribution >= 0.6 is 34.8 Å². The molecule has 0 spiro atoms. The van der Waals surface area contributed by atoms with E-state index in [0.29, 0.717) is 26.9 Å². The van der Waals surface area contributed by atoms with Crippen LogP contribution in [-0.4, -0.2) is 18.1 Å². The van der Waals surface area contributed by atoms with Gasteiger partial charge in [-0.15, -0.1) is 0 Å². The second kappa shape index (κ2) is 5.55. The first-order valence-corrected chi connectivity index (χ1v) is 6.72. The lowest BCUT2D eigenvalue weighted by molar-refractivity contribution is -0.127. The molecule has 0 radical (unpaired) electrons. The molecule has 0 bridgehead atoms. The molecule has 1 fully saturated rings. The first-order chi connectivity index (χ1) is 8.47. The van der Waals surface area contributed by atoms with Crippen molar-refractivity contribution in [1.29, 1.82) is 0 Å². The fourth-order valence-electron chi connectivity index (χ4n) is 1.38. The Morgan fingerprint density at radius 2 is 1.89 bits per heavy atom. The maximum Gasteiger partial charge on any atom is 0.260 e. The molecule has 1 aromatic rings. The SMILES string of the molecule is C[C@@H](Oc1cc(Cl)c(Cl)cc1Cl)C(=O)NC1CC1. The second-order valence-corrected chi connectivity index (χ2v) is 5.46. The average Bonchev–Trinajstić information content (AvgIpc) is 3.09. The van der Waals surface area contributed by atoms with Crippen molar-refractivity contribution in [2.75, 3.05) is 0 Å². The average molecular weight is 309 g/mol. The van der Waals surface area contributed by atoms with Gasteiger partial charge in [0.1, 0.15) is 5.75 Å². The zero-order chi connectivity index (χ0) is 13.3. The number of carbonyl (C=O) groups excluding carboxylic acids is 1. The Bertz CT molecular complexity index is 475. The van der Waals surface area contributed by atoms with E-state index in [4.69, 9.17) is 39.5 Å². The minimum atomic E-state index is -0.625. The van der Waals surface area contributed by atoms with E-state index in [1.807, 2.05) is 0 Å². The fraction of sp³-hybridized carbons (Fsp3) is 0.417. The highest BCUT2D eigenvalue weighted by atomic mass is 35.5. The van der Waals surface area contributed by atoms with Crippen LogP contribution in [-0.2, 0) is 4.79 Å². The van der Waals surface area contributed by atoms with Gasteiger partial charge < -0.3 is 10.1 Å². The molecule has 1 saturated carbocycles. The van der Waals surface area contributed by atoms with Crippen LogP contribution in [0.3, 0.4) is 0 Å². The number of hydrogen-bond donors (Lipinski definition) is 1. The number of hydrogen-bond acceptors (Lipinski definition) is 2. The van der Waals surface area contributed by atoms with Gasteiger partial charge in [-0.3, -0.25) is 4.79 Å². The molecule has 0 aromatic heterocycles. The summed E-state index contributed by atoms with van der Waals surface area (Å²) in [7, 11) is 0. The number of nitrogens with one attached hydrogen (secondary N) is 1. The summed E-state index contributed by atoms with van der Waals surface area (Å²) < 4.78 is 5.48. The standard InChI is InChI=1S/C12H12Cl3NO2/c1-6(12(17)16-7-2-3-7)18-11-5-9(14)8(13)4-10(11)15/h4-7H,2-3H2,1H3,(H,16,17)/t6-/m1/s1. The third kappa shape index (κ3) is 3.44. The van der Waals surface area contributed by atoms with Gasteiger partial charge in [0.15, 0.2) is 6.10 Å². The molecule has 98 valence electrons. The fourth-order valence-corrected chi connectivity index (χ4v) is 1.97. The monoisotopic (exact) mass is 307 g/mol. The van der Waals surface area contributed by atoms with Crippen molar-refractivity contribution in [1.82, 2.24) is 5.32 Å². The van der Waals surface area contributed by atoms with E-state index in [-0.39, 0.29) is 5.91 Å². The van der Waals surface area contributed by atoms with E-state index in [9.17, 15) is 4.79 Å². The summed E-state index contributed by atoms with van der Waals surface area (Å²) in [6, 6.07) is 3.30. The predicted octanol–water partition coefficient (Wildman–Crippen LogP) is 3.69. The number of carbonyl (C=O) groups is 1. The number of ether oxygens (including phenoxy) is 1. The summed E-state index contributed by atoms with van der Waals surface area (Å²) in [4.78, 5) is 11.7. The molecular weight excluding hydrogens is 296 g/mol. The lowest BCUT2D eigenvalue weighted by Crippen LogP contribution is -2.37. The molecular formula is C12H12Cl3NO2. The van der Waals surface area contributed by atoms with Crippen molar-refractivity contribution >= 4 is 40.7 Å². The minimum absolute atomic E-state index is 0.153. The van der Waals surface area contributed by atoms with E-state index in [2.05, 4.69) is 5.32 Å². The molecule has 0 saturated heterocycles. The summed E-state index contributed by atoms with van der Waals surface area (Å²) >= 11 is 17.7. The molecule has 0 heterocycles. The third-order valence-corrected chi connectivity index (χ3v) is 3.59. The molecule has 1 amide bonds. The Labute approximate surface area is 120 Å². The smallest absolute Gasteiger partial charge is 0.260 e. The Balaban J connectivity index is 2.03. The zero-order valence-electron chi connectivity index (χ0n) is 9.67. The van der Waals surface area contributed by atoms with Gasteiger partial charge in [-0.2, -0.15) is 0 Å². The Morgan fingerprint density at radius 3 is 2.50 bits per heavy atom. The molecule has 1 aromatic carbocycles. The first kappa shape index (κ1) is 13.8. The van der Waals surface area contributed by atoms with Gasteiger partial charge in [-0.25, -0.2) is 0 Å². The van der Waals surface area contributed by atoms with Crippen molar-refractivity contribution in [2.24, 2.45) is 0 Å². The zero-order valence-corrected chi connectivity index (χ0v) is 11.9. The first-order valence-electron chi connectivity index (χ1n) is 5.59. The Hall–Kier alpha value is -0.640. The van der Waals surface area contributed by atoms with Gasteiger partial charge in [0.2, 0.25) is 0 Å². The molecule has 6 heteroatoms. The third-order valence-electron chi connectivity index (χ3n) is 2.57. The van der Waals surface area contributed by atoms with E-state index in [0.717, 1.165) is 12.8 Å². The molecule has 2 rings (SSSR count). The van der Waals surface area contributed by atoms with Gasteiger partial charge in [0.05, 0.1) is 15.1 Å². The highest BCUT2D eigenvalue weighted by Crippen LogP contribution is 2.34. The molecule has 1 aliphatic carbocycles. The minimum Gasteiger partial charge on any atom is -0.479 e. The Morgan fingerprint density at radius 1 is 1.28 bits per heavy atom. The Kier molecular flexibility index (Phi) is 4.25. The van der Waals surface area contributed by atoms with Crippen molar-refractivity contribution < 1.29 is 9.53 Å². The van der Waals surface area contributed by atoms with Gasteiger partial charge in [0, 0.05) is 12.1 Å². The highest BCUT2D eigenvalue weighted by Gasteiger charge is 2.26. The van der Waals surface area contributed by atoms with Crippen LogP contribution < -0.4 is 10.1 Å². The van der Waals surface area contributed by atoms with Gasteiger partial charge >= 0.3 is 0 Å². The van der Waals surface area contributed by atoms with E-state index in [1.54, 1.807) is 6.92 Å². The molecule has 1 N–H and O–H groups in total. The maximum absolute atomic E-state index is 11.7. The topological polar surface area (TPSA) is 38.3 Å². The van der Waals surface area contributed by atoms with E-state index in [1.165, 1.54) is 12.1 Å². The molecule has 0 unspecified atom stereocenters. The van der Waals surface area contributed by atoms with Crippen LogP contribution in [0.5, 0.6) is 5.75 Å². The largest absolute Gasteiger partial charge is 0.479 e. The van der Waals surface area contributed by atoms with Crippen molar-refractivity contribution in [3.63, 3.8) is 0 Å². The summed E-state index contributed by atoms with van der Waals surface area (Å²) in [6.45, 7) is 1.66. The maximum atomic E-state index is 11.7. The van der Waals surface area contributed by atoms with Crippen LogP contribution in [0.4, 0.5) is 0 Å². The molecule has 3 nitrogen and oxygen atoms in total. The lowest BCUT2D eigenvalue weighted by atomic mass is 10.3. The van der Waals surface area contributed by atoms with Gasteiger partial charge in [-0.05, 0) is 25.8 Å². The summed E-state index contributed by atoms with van der Waals surface area (Å²) in [5, 5.41) is 3.87. The molecule has 18 heavy (non-hydrogen) atoms. The van der Waals surface area contributed by atoms with Crippen molar-refractivity contribution in [3.05, 3.63) is 27.2 Å². The van der Waals surface area contributed by atoms with Crippen LogP contribution in [0.1, 0.15) is 19.8 Å². The van der Waals surface area contributed by atoms with Crippen molar-refractivity contribution in [2.45, 2.75) is 31.9 Å². The second-order valence-electron chi connectivity index (χ2n) is 4.24. The van der Waals surface area contributed by atoms with Gasteiger partial charge in [0.25, 0.3) is 5.91 Å². The summed E-state index contributed by atoms with van der Waals surface area (Å²) in [6.07, 6.45) is 1.44. The summed E-state index contributed by atoms with van der Waals surface area (Å²) in [5.41, 5.74) is 0. The van der Waals surface area contributed by atoms with E-state index < -0.39 is 6.10 Å². The normalized spacial score (nSPS) is 16.2. The van der Waals surface area contributed by atoms with Crippen molar-refractivity contribution in [3.8, 4) is 5.75 Å². The predicted molar refractivity (Wildman–Crippen MR) is 72.7 cm³/mol. The number of amides is 1. The molecule has 0 aliphatic heterocycles. The summed E-state index contributed by atoms with van der Waals surface area (Å²) in [5.74, 6) is 0.198. The van der Waals surface area contributed by atoms with Crippen LogP contribution in [0.25, 0.3) is 0 Å². The number of rotatable bonds is 4. The van der Waals surface area contributed by atoms with Crippen LogP contribution in [0.2, 0.25) is 15.1 Å². The number of halogens is 3.